The maximum atomic E-state index is 12.1. The number of nitrogens with one attached hydrogen (secondary N) is 1. The zero-order valence-corrected chi connectivity index (χ0v) is 12.1. The molecule has 0 atom stereocenters. The minimum Gasteiger partial charge on any atom is -0.280 e. The summed E-state index contributed by atoms with van der Waals surface area (Å²) < 4.78 is 27.5. The van der Waals surface area contributed by atoms with Crippen molar-refractivity contribution in [1.29, 1.82) is 0 Å². The number of benzene rings is 2. The van der Waals surface area contributed by atoms with Crippen LogP contribution in [-0.2, 0) is 10.0 Å². The van der Waals surface area contributed by atoms with Crippen molar-refractivity contribution in [3.63, 3.8) is 0 Å². The van der Waals surface area contributed by atoms with Gasteiger partial charge in [0.25, 0.3) is 10.0 Å². The Hall–Kier alpha value is -1.33. The lowest BCUT2D eigenvalue weighted by Crippen LogP contribution is -2.12. The lowest BCUT2D eigenvalue weighted by Gasteiger charge is -2.08. The molecule has 0 spiro atoms. The van der Waals surface area contributed by atoms with Gasteiger partial charge in [-0.15, -0.1) is 0 Å². The Morgan fingerprint density at radius 2 is 1.72 bits per heavy atom. The van der Waals surface area contributed by atoms with Crippen LogP contribution in [0.15, 0.2) is 57.9 Å². The van der Waals surface area contributed by atoms with Crippen molar-refractivity contribution >= 4 is 31.6 Å². The standard InChI is InChI=1S/C13H12BrNO2S/c1-10-5-7-12(8-6-10)15-18(16,17)13-4-2-3-11(14)9-13/h2-9,15H,1H3. The van der Waals surface area contributed by atoms with Gasteiger partial charge >= 0.3 is 0 Å². The van der Waals surface area contributed by atoms with Crippen molar-refractivity contribution in [2.24, 2.45) is 0 Å². The van der Waals surface area contributed by atoms with Gasteiger partial charge in [-0.1, -0.05) is 39.7 Å². The first-order valence-electron chi connectivity index (χ1n) is 5.32. The first kappa shape index (κ1) is 13.1. The van der Waals surface area contributed by atoms with E-state index in [-0.39, 0.29) is 4.90 Å². The fourth-order valence-corrected chi connectivity index (χ4v) is 3.12. The van der Waals surface area contributed by atoms with Crippen molar-refractivity contribution in [2.45, 2.75) is 11.8 Å². The molecule has 3 nitrogen and oxygen atoms in total. The molecule has 94 valence electrons. The monoisotopic (exact) mass is 325 g/mol. The molecular weight excluding hydrogens is 314 g/mol. The van der Waals surface area contributed by atoms with E-state index < -0.39 is 10.0 Å². The van der Waals surface area contributed by atoms with Gasteiger partial charge in [0.1, 0.15) is 0 Å². The highest BCUT2D eigenvalue weighted by atomic mass is 79.9. The predicted octanol–water partition coefficient (Wildman–Crippen LogP) is 3.56. The summed E-state index contributed by atoms with van der Waals surface area (Å²) in [4.78, 5) is 0.234. The average Bonchev–Trinajstić information content (AvgIpc) is 2.32. The van der Waals surface area contributed by atoms with Crippen LogP contribution in [0.3, 0.4) is 0 Å². The molecule has 0 amide bonds. The van der Waals surface area contributed by atoms with E-state index >= 15 is 0 Å². The fraction of sp³-hybridized carbons (Fsp3) is 0.0769. The van der Waals surface area contributed by atoms with E-state index in [0.717, 1.165) is 10.0 Å². The van der Waals surface area contributed by atoms with Gasteiger partial charge in [-0.2, -0.15) is 0 Å². The van der Waals surface area contributed by atoms with Gasteiger partial charge in [0.15, 0.2) is 0 Å². The SMILES string of the molecule is Cc1ccc(NS(=O)(=O)c2cccc(Br)c2)cc1. The normalized spacial score (nSPS) is 11.2. The molecule has 5 heteroatoms. The Balaban J connectivity index is 2.30. The van der Waals surface area contributed by atoms with Crippen LogP contribution in [-0.4, -0.2) is 8.42 Å². The number of hydrogen-bond donors (Lipinski definition) is 1. The van der Waals surface area contributed by atoms with Crippen LogP contribution >= 0.6 is 15.9 Å². The number of aryl methyl sites for hydroxylation is 1. The molecule has 0 aliphatic rings. The predicted molar refractivity (Wildman–Crippen MR) is 76.1 cm³/mol. The summed E-state index contributed by atoms with van der Waals surface area (Å²) >= 11 is 3.26. The first-order valence-corrected chi connectivity index (χ1v) is 7.60. The molecule has 0 bridgehead atoms. The summed E-state index contributed by atoms with van der Waals surface area (Å²) in [6.07, 6.45) is 0. The van der Waals surface area contributed by atoms with E-state index in [1.165, 1.54) is 0 Å². The van der Waals surface area contributed by atoms with Crippen LogP contribution in [0.1, 0.15) is 5.56 Å². The molecular formula is C13H12BrNO2S. The van der Waals surface area contributed by atoms with E-state index in [9.17, 15) is 8.42 Å². The maximum absolute atomic E-state index is 12.1. The number of sulfonamides is 1. The topological polar surface area (TPSA) is 46.2 Å². The summed E-state index contributed by atoms with van der Waals surface area (Å²) in [5.74, 6) is 0. The molecule has 0 unspecified atom stereocenters. The third-order valence-electron chi connectivity index (χ3n) is 2.41. The number of halogens is 1. The first-order chi connectivity index (χ1) is 8.47. The van der Waals surface area contributed by atoms with Gasteiger partial charge in [-0.25, -0.2) is 8.42 Å². The van der Waals surface area contributed by atoms with Gasteiger partial charge in [0.05, 0.1) is 4.90 Å². The molecule has 18 heavy (non-hydrogen) atoms. The summed E-state index contributed by atoms with van der Waals surface area (Å²) in [5.41, 5.74) is 1.64. The van der Waals surface area contributed by atoms with Crippen LogP contribution in [0.5, 0.6) is 0 Å². The second-order valence-corrected chi connectivity index (χ2v) is 6.53. The van der Waals surface area contributed by atoms with Gasteiger partial charge in [-0.05, 0) is 37.3 Å². The molecule has 0 aliphatic heterocycles. The van der Waals surface area contributed by atoms with Gasteiger partial charge in [0.2, 0.25) is 0 Å². The molecule has 0 saturated heterocycles. The van der Waals surface area contributed by atoms with Crippen LogP contribution in [0.2, 0.25) is 0 Å². The number of anilines is 1. The molecule has 0 radical (unpaired) electrons. The van der Waals surface area contributed by atoms with Crippen molar-refractivity contribution in [1.82, 2.24) is 0 Å². The maximum Gasteiger partial charge on any atom is 0.261 e. The molecule has 0 aliphatic carbocycles. The Morgan fingerprint density at radius 1 is 1.06 bits per heavy atom. The van der Waals surface area contributed by atoms with Crippen molar-refractivity contribution in [3.05, 3.63) is 58.6 Å². The number of hydrogen-bond acceptors (Lipinski definition) is 2. The van der Waals surface area contributed by atoms with E-state index in [0.29, 0.717) is 5.69 Å². The van der Waals surface area contributed by atoms with Crippen molar-refractivity contribution < 1.29 is 8.42 Å². The smallest absolute Gasteiger partial charge is 0.261 e. The molecule has 2 rings (SSSR count). The minimum absolute atomic E-state index is 0.234. The summed E-state index contributed by atoms with van der Waals surface area (Å²) in [5, 5.41) is 0. The lowest BCUT2D eigenvalue weighted by molar-refractivity contribution is 0.601. The largest absolute Gasteiger partial charge is 0.280 e. The van der Waals surface area contributed by atoms with Gasteiger partial charge in [0, 0.05) is 10.2 Å². The zero-order valence-electron chi connectivity index (χ0n) is 9.72. The van der Waals surface area contributed by atoms with Gasteiger partial charge in [-0.3, -0.25) is 4.72 Å². The third-order valence-corrected chi connectivity index (χ3v) is 4.28. The van der Waals surface area contributed by atoms with Crippen LogP contribution in [0.25, 0.3) is 0 Å². The van der Waals surface area contributed by atoms with Crippen LogP contribution < -0.4 is 4.72 Å². The van der Waals surface area contributed by atoms with Crippen LogP contribution in [0.4, 0.5) is 5.69 Å². The molecule has 0 saturated carbocycles. The molecule has 2 aromatic carbocycles. The molecule has 0 aromatic heterocycles. The fourth-order valence-electron chi connectivity index (χ4n) is 1.47. The quantitative estimate of drug-likeness (QED) is 0.937. The zero-order chi connectivity index (χ0) is 13.2. The minimum atomic E-state index is -3.53. The highest BCUT2D eigenvalue weighted by molar-refractivity contribution is 9.10. The van der Waals surface area contributed by atoms with E-state index in [1.807, 2.05) is 19.1 Å². The lowest BCUT2D eigenvalue weighted by atomic mass is 10.2. The summed E-state index contributed by atoms with van der Waals surface area (Å²) in [6.45, 7) is 1.95. The van der Waals surface area contributed by atoms with E-state index in [4.69, 9.17) is 0 Å². The Kier molecular flexibility index (Phi) is 3.73. The van der Waals surface area contributed by atoms with E-state index in [2.05, 4.69) is 20.7 Å². The number of rotatable bonds is 3. The van der Waals surface area contributed by atoms with Crippen molar-refractivity contribution in [3.8, 4) is 0 Å². The van der Waals surface area contributed by atoms with Gasteiger partial charge < -0.3 is 0 Å². The van der Waals surface area contributed by atoms with Crippen molar-refractivity contribution in [2.75, 3.05) is 4.72 Å². The molecule has 0 fully saturated rings. The molecule has 2 aromatic rings. The third kappa shape index (κ3) is 3.11. The highest BCUT2D eigenvalue weighted by Gasteiger charge is 2.13. The summed E-state index contributed by atoms with van der Waals surface area (Å²) in [7, 11) is -3.53. The summed E-state index contributed by atoms with van der Waals surface area (Å²) in [6, 6.07) is 13.8. The Labute approximate surface area is 115 Å². The average molecular weight is 326 g/mol. The second kappa shape index (κ2) is 5.12. The molecule has 0 heterocycles. The van der Waals surface area contributed by atoms with Crippen LogP contribution in [0, 0.1) is 6.92 Å². The van der Waals surface area contributed by atoms with E-state index in [1.54, 1.807) is 36.4 Å². The Morgan fingerprint density at radius 3 is 2.33 bits per heavy atom. The Bertz CT molecular complexity index is 651. The second-order valence-electron chi connectivity index (χ2n) is 3.93. The highest BCUT2D eigenvalue weighted by Crippen LogP contribution is 2.19. The molecule has 1 N–H and O–H groups in total.